The summed E-state index contributed by atoms with van der Waals surface area (Å²) >= 11 is 7.60. The van der Waals surface area contributed by atoms with E-state index in [9.17, 15) is 0 Å². The monoisotopic (exact) mass is 390 g/mol. The summed E-state index contributed by atoms with van der Waals surface area (Å²) in [5, 5.41) is 0. The fraction of sp³-hybridized carbons (Fsp3) is 0. The summed E-state index contributed by atoms with van der Waals surface area (Å²) in [5.41, 5.74) is 0. The average molecular weight is 387 g/mol. The van der Waals surface area contributed by atoms with E-state index < -0.39 is 0 Å². The van der Waals surface area contributed by atoms with Crippen LogP contribution in [0, 0.1) is 0 Å². The summed E-state index contributed by atoms with van der Waals surface area (Å²) in [7, 11) is 0.905. The van der Waals surface area contributed by atoms with Crippen LogP contribution >= 0.6 is 0 Å². The van der Waals surface area contributed by atoms with Crippen molar-refractivity contribution in [2.45, 2.75) is 0 Å². The molecule has 5 heavy (non-hydrogen) atoms. The second-order valence-corrected chi connectivity index (χ2v) is 33.4. The topological polar surface area (TPSA) is 0 Å². The van der Waals surface area contributed by atoms with Crippen molar-refractivity contribution in [3.8, 4) is 0 Å². The van der Waals surface area contributed by atoms with Crippen LogP contribution in [-0.4, -0.2) is 59.7 Å². The molecule has 0 spiro atoms. The van der Waals surface area contributed by atoms with Gasteiger partial charge in [-0.1, -0.05) is 0 Å². The zero-order valence-corrected chi connectivity index (χ0v) is 11.0. The molecule has 0 aromatic carbocycles. The first kappa shape index (κ1) is 7.68. The molecule has 0 aliphatic heterocycles. The third-order valence-corrected chi connectivity index (χ3v) is 48.6. The molecule has 0 rings (SSSR count). The number of hydrogen-bond donors (Lipinski definition) is 0. The third-order valence-electron chi connectivity index (χ3n) is 0.0667. The Kier molecular flexibility index (Phi) is 10.2. The minimum absolute atomic E-state index is 0.681. The fourth-order valence-corrected chi connectivity index (χ4v) is 51.5. The Balaban J connectivity index is 3.31. The van der Waals surface area contributed by atoms with Gasteiger partial charge in [-0.25, -0.2) is 0 Å². The van der Waals surface area contributed by atoms with Gasteiger partial charge >= 0.3 is 59.7 Å². The van der Waals surface area contributed by atoms with Gasteiger partial charge in [0, 0.05) is 0 Å². The minimum atomic E-state index is 0.681. The number of rotatable bonds is 1. The van der Waals surface area contributed by atoms with Crippen LogP contribution in [0.1, 0.15) is 0 Å². The van der Waals surface area contributed by atoms with E-state index in [0.717, 1.165) is 21.3 Å². The van der Waals surface area contributed by atoms with E-state index in [4.69, 9.17) is 0 Å². The standard InChI is InChI=1S/As2Se3/c3-1-2-5-4. The molecule has 0 unspecified atom stereocenters. The van der Waals surface area contributed by atoms with E-state index in [0.29, 0.717) is 11.3 Å². The van der Waals surface area contributed by atoms with E-state index >= 15 is 0 Å². The van der Waals surface area contributed by atoms with Crippen molar-refractivity contribution in [3.63, 3.8) is 0 Å². The van der Waals surface area contributed by atoms with E-state index in [1.165, 1.54) is 0 Å². The average Bonchev–Trinajstić information content (AvgIpc) is 1.41. The van der Waals surface area contributed by atoms with Crippen LogP contribution in [-0.2, 0) is 0 Å². The molecule has 0 aromatic rings. The van der Waals surface area contributed by atoms with Gasteiger partial charge in [-0.3, -0.25) is 0 Å². The van der Waals surface area contributed by atoms with Gasteiger partial charge < -0.3 is 0 Å². The molecule has 0 nitrogen and oxygen atoms in total. The predicted octanol–water partition coefficient (Wildman–Crippen LogP) is -1.90. The molecule has 0 aliphatic rings. The Morgan fingerprint density at radius 1 is 1.60 bits per heavy atom. The van der Waals surface area contributed by atoms with E-state index in [-0.39, 0.29) is 0 Å². The van der Waals surface area contributed by atoms with Crippen molar-refractivity contribution in [3.05, 3.63) is 0 Å². The molecule has 0 radical (unpaired) electrons. The van der Waals surface area contributed by atoms with Gasteiger partial charge in [-0.05, 0) is 0 Å². The van der Waals surface area contributed by atoms with Crippen molar-refractivity contribution in [1.82, 2.24) is 0 Å². The van der Waals surface area contributed by atoms with Gasteiger partial charge in [0.25, 0.3) is 0 Å². The second kappa shape index (κ2) is 6.68. The summed E-state index contributed by atoms with van der Waals surface area (Å²) in [4.78, 5) is 0. The van der Waals surface area contributed by atoms with Crippen LogP contribution < -0.4 is 0 Å². The molecule has 0 bridgehead atoms. The summed E-state index contributed by atoms with van der Waals surface area (Å²) in [6, 6.07) is 0. The maximum atomic E-state index is 3.07. The molecule has 0 saturated carbocycles. The SMILES string of the molecule is [Se]=[As][As]=[Se]=[Se]. The summed E-state index contributed by atoms with van der Waals surface area (Å²) in [6.07, 6.45) is 0. The zero-order chi connectivity index (χ0) is 4.12. The van der Waals surface area contributed by atoms with Crippen LogP contribution in [0.25, 0.3) is 0 Å². The fourth-order valence-electron chi connectivity index (χ4n) is 0.0136. The Labute approximate surface area is 58.6 Å². The van der Waals surface area contributed by atoms with Crippen molar-refractivity contribution >= 4 is 59.7 Å². The van der Waals surface area contributed by atoms with Crippen molar-refractivity contribution in [1.29, 1.82) is 0 Å². The zero-order valence-electron chi connectivity index (χ0n) is 2.12. The van der Waals surface area contributed by atoms with Gasteiger partial charge in [0.2, 0.25) is 0 Å². The van der Waals surface area contributed by atoms with E-state index in [2.05, 4.69) is 27.1 Å². The van der Waals surface area contributed by atoms with Crippen molar-refractivity contribution in [2.75, 3.05) is 0 Å². The van der Waals surface area contributed by atoms with Gasteiger partial charge in [0.15, 0.2) is 0 Å². The van der Waals surface area contributed by atoms with Crippen LogP contribution in [0.4, 0.5) is 0 Å². The van der Waals surface area contributed by atoms with Crippen LogP contribution in [0.5, 0.6) is 0 Å². The van der Waals surface area contributed by atoms with Gasteiger partial charge in [0.05, 0.1) is 0 Å². The molecule has 0 amide bonds. The second-order valence-electron chi connectivity index (χ2n) is 0.238. The molecular weight excluding hydrogens is 387 g/mol. The molecular formula is As2Se3. The molecule has 0 fully saturated rings. The molecule has 0 atom stereocenters. The first-order valence-corrected chi connectivity index (χ1v) is 19.8. The summed E-state index contributed by atoms with van der Waals surface area (Å²) < 4.78 is 0. The van der Waals surface area contributed by atoms with E-state index in [1.807, 2.05) is 0 Å². The van der Waals surface area contributed by atoms with Gasteiger partial charge in [0.1, 0.15) is 0 Å². The van der Waals surface area contributed by atoms with Crippen LogP contribution in [0.15, 0.2) is 0 Å². The first-order chi connectivity index (χ1) is 2.41. The van der Waals surface area contributed by atoms with Gasteiger partial charge in [-0.2, -0.15) is 0 Å². The quantitative estimate of drug-likeness (QED) is 0.462. The molecule has 0 aromatic heterocycles. The van der Waals surface area contributed by atoms with Crippen molar-refractivity contribution < 1.29 is 0 Å². The molecule has 0 N–H and O–H groups in total. The van der Waals surface area contributed by atoms with E-state index in [1.54, 1.807) is 0 Å². The van der Waals surface area contributed by atoms with Crippen LogP contribution in [0.3, 0.4) is 0 Å². The van der Waals surface area contributed by atoms with Gasteiger partial charge in [-0.15, -0.1) is 0 Å². The van der Waals surface area contributed by atoms with Crippen LogP contribution in [0.2, 0.25) is 0 Å². The molecule has 0 saturated heterocycles. The maximum absolute atomic E-state index is 3.07. The molecule has 0 heterocycles. The summed E-state index contributed by atoms with van der Waals surface area (Å²) in [5.74, 6) is 0. The van der Waals surface area contributed by atoms with Crippen molar-refractivity contribution in [2.24, 2.45) is 0 Å². The Morgan fingerprint density at radius 2 is 2.20 bits per heavy atom. The first-order valence-electron chi connectivity index (χ1n) is 0.732. The molecule has 5 heteroatoms. The number of hydrogen-bond acceptors (Lipinski definition) is 0. The Bertz CT molecular complexity index is 69.0. The summed E-state index contributed by atoms with van der Waals surface area (Å²) in [6.45, 7) is 0. The predicted molar refractivity (Wildman–Crippen MR) is 28.8 cm³/mol. The Morgan fingerprint density at radius 3 is 2.20 bits per heavy atom. The normalized spacial score (nSPS) is 8.80. The third kappa shape index (κ3) is 6.68. The molecule has 0 aliphatic carbocycles. The Hall–Kier alpha value is 2.68. The molecule has 28 valence electrons.